The Labute approximate surface area is 179 Å². The van der Waals surface area contributed by atoms with Gasteiger partial charge in [0.2, 0.25) is 15.9 Å². The van der Waals surface area contributed by atoms with Crippen molar-refractivity contribution < 1.29 is 13.2 Å². The normalized spacial score (nSPS) is 16.1. The highest BCUT2D eigenvalue weighted by atomic mass is 35.5. The van der Waals surface area contributed by atoms with E-state index in [2.05, 4.69) is 5.32 Å². The monoisotopic (exact) mass is 460 g/mol. The summed E-state index contributed by atoms with van der Waals surface area (Å²) >= 11 is 17.9. The lowest BCUT2D eigenvalue weighted by Gasteiger charge is -2.30. The van der Waals surface area contributed by atoms with Crippen molar-refractivity contribution in [2.75, 3.05) is 18.4 Å². The molecule has 150 valence electrons. The molecule has 1 aliphatic rings. The smallest absolute Gasteiger partial charge is 0.227 e. The Morgan fingerprint density at radius 2 is 1.68 bits per heavy atom. The number of hydrogen-bond acceptors (Lipinski definition) is 3. The lowest BCUT2D eigenvalue weighted by Crippen LogP contribution is -2.41. The Balaban J connectivity index is 1.58. The zero-order valence-corrected chi connectivity index (χ0v) is 18.0. The summed E-state index contributed by atoms with van der Waals surface area (Å²) in [6.45, 7) is 0.592. The maximum atomic E-state index is 12.7. The van der Waals surface area contributed by atoms with Crippen LogP contribution in [0.15, 0.2) is 42.5 Å². The van der Waals surface area contributed by atoms with Gasteiger partial charge in [-0.25, -0.2) is 12.7 Å². The molecule has 1 fully saturated rings. The van der Waals surface area contributed by atoms with Gasteiger partial charge in [-0.2, -0.15) is 0 Å². The summed E-state index contributed by atoms with van der Waals surface area (Å²) in [5, 5.41) is 3.99. The third-order valence-electron chi connectivity index (χ3n) is 4.68. The van der Waals surface area contributed by atoms with Crippen molar-refractivity contribution in [2.45, 2.75) is 18.6 Å². The van der Waals surface area contributed by atoms with E-state index in [-0.39, 0.29) is 17.6 Å². The molecule has 28 heavy (non-hydrogen) atoms. The molecule has 2 aromatic carbocycles. The van der Waals surface area contributed by atoms with Crippen LogP contribution in [0.4, 0.5) is 5.69 Å². The third kappa shape index (κ3) is 5.19. The topological polar surface area (TPSA) is 66.5 Å². The van der Waals surface area contributed by atoms with Crippen molar-refractivity contribution in [3.8, 4) is 0 Å². The average molecular weight is 462 g/mol. The number of hydrogen-bond donors (Lipinski definition) is 1. The van der Waals surface area contributed by atoms with E-state index in [9.17, 15) is 13.2 Å². The number of amides is 1. The lowest BCUT2D eigenvalue weighted by atomic mass is 9.97. The highest BCUT2D eigenvalue weighted by Crippen LogP contribution is 2.27. The number of nitrogens with zero attached hydrogens (tertiary/aromatic N) is 1. The van der Waals surface area contributed by atoms with Gasteiger partial charge in [0, 0.05) is 19.0 Å². The molecule has 1 heterocycles. The second kappa shape index (κ2) is 9.01. The number of nitrogens with one attached hydrogen (secondary N) is 1. The van der Waals surface area contributed by atoms with Crippen molar-refractivity contribution in [1.82, 2.24) is 4.31 Å². The Morgan fingerprint density at radius 3 is 2.32 bits per heavy atom. The number of benzene rings is 2. The predicted octanol–water partition coefficient (Wildman–Crippen LogP) is 4.83. The van der Waals surface area contributed by atoms with E-state index >= 15 is 0 Å². The summed E-state index contributed by atoms with van der Waals surface area (Å²) in [6.07, 6.45) is 0.910. The first-order chi connectivity index (χ1) is 13.3. The standard InChI is InChI=1S/C19H19Cl3N2O3S/c20-15-6-5-13(11-17(15)22)12-28(26,27)24-9-7-14(8-10-24)19(25)23-18-4-2-1-3-16(18)21/h1-6,11,14H,7-10,12H2,(H,23,25). The molecule has 3 rings (SSSR count). The van der Waals surface area contributed by atoms with Crippen molar-refractivity contribution in [3.05, 3.63) is 63.1 Å². The molecule has 0 saturated carbocycles. The molecule has 9 heteroatoms. The minimum Gasteiger partial charge on any atom is -0.325 e. The van der Waals surface area contributed by atoms with Gasteiger partial charge in [0.1, 0.15) is 0 Å². The summed E-state index contributed by atoms with van der Waals surface area (Å²) in [6, 6.07) is 11.8. The number of para-hydroxylation sites is 1. The van der Waals surface area contributed by atoms with Crippen molar-refractivity contribution in [2.24, 2.45) is 5.92 Å². The number of carbonyl (C=O) groups excluding carboxylic acids is 1. The molecule has 0 bridgehead atoms. The van der Waals surface area contributed by atoms with Gasteiger partial charge in [-0.3, -0.25) is 4.79 Å². The van der Waals surface area contributed by atoms with Crippen molar-refractivity contribution in [3.63, 3.8) is 0 Å². The first-order valence-electron chi connectivity index (χ1n) is 8.73. The first kappa shape index (κ1) is 21.4. The van der Waals surface area contributed by atoms with Gasteiger partial charge in [0.25, 0.3) is 0 Å². The Bertz CT molecular complexity index is 974. The van der Waals surface area contributed by atoms with Crippen molar-refractivity contribution >= 4 is 56.4 Å². The van der Waals surface area contributed by atoms with E-state index in [4.69, 9.17) is 34.8 Å². The molecule has 0 aliphatic carbocycles. The van der Waals surface area contributed by atoms with Gasteiger partial charge >= 0.3 is 0 Å². The van der Waals surface area contributed by atoms with Gasteiger partial charge in [0.15, 0.2) is 0 Å². The van der Waals surface area contributed by atoms with Gasteiger partial charge in [-0.05, 0) is 42.7 Å². The molecule has 0 unspecified atom stereocenters. The van der Waals surface area contributed by atoms with Gasteiger partial charge in [0.05, 0.1) is 26.5 Å². The summed E-state index contributed by atoms with van der Waals surface area (Å²) in [5.41, 5.74) is 1.14. The number of piperidine rings is 1. The minimum atomic E-state index is -3.50. The fraction of sp³-hybridized carbons (Fsp3) is 0.316. The highest BCUT2D eigenvalue weighted by Gasteiger charge is 2.31. The second-order valence-corrected chi connectivity index (χ2v) is 9.84. The van der Waals surface area contributed by atoms with E-state index in [0.717, 1.165) is 0 Å². The number of anilines is 1. The van der Waals surface area contributed by atoms with Crippen LogP contribution in [0, 0.1) is 5.92 Å². The summed E-state index contributed by atoms with van der Waals surface area (Å²) in [7, 11) is -3.50. The van der Waals surface area contributed by atoms with Crippen LogP contribution >= 0.6 is 34.8 Å². The fourth-order valence-corrected chi connectivity index (χ4v) is 5.18. The fourth-order valence-electron chi connectivity index (χ4n) is 3.12. The number of halogens is 3. The average Bonchev–Trinajstić information content (AvgIpc) is 2.66. The van der Waals surface area contributed by atoms with E-state index < -0.39 is 10.0 Å². The Hall–Kier alpha value is -1.31. The van der Waals surface area contributed by atoms with Crippen LogP contribution in [-0.4, -0.2) is 31.7 Å². The maximum absolute atomic E-state index is 12.7. The van der Waals surface area contributed by atoms with Gasteiger partial charge < -0.3 is 5.32 Å². The highest BCUT2D eigenvalue weighted by molar-refractivity contribution is 7.88. The molecular weight excluding hydrogens is 443 g/mol. The molecule has 1 N–H and O–H groups in total. The molecule has 0 radical (unpaired) electrons. The Morgan fingerprint density at radius 1 is 1.00 bits per heavy atom. The molecule has 0 aromatic heterocycles. The van der Waals surface area contributed by atoms with E-state index in [1.807, 2.05) is 0 Å². The third-order valence-corrected chi connectivity index (χ3v) is 7.60. The molecule has 1 aliphatic heterocycles. The van der Waals surface area contributed by atoms with Gasteiger partial charge in [-0.15, -0.1) is 0 Å². The molecular formula is C19H19Cl3N2O3S. The zero-order valence-electron chi connectivity index (χ0n) is 14.9. The predicted molar refractivity (Wildman–Crippen MR) is 113 cm³/mol. The molecule has 0 atom stereocenters. The first-order valence-corrected chi connectivity index (χ1v) is 11.5. The van der Waals surface area contributed by atoms with E-state index in [1.165, 1.54) is 4.31 Å². The number of sulfonamides is 1. The Kier molecular flexibility index (Phi) is 6.89. The van der Waals surface area contributed by atoms with Crippen LogP contribution in [0.3, 0.4) is 0 Å². The number of rotatable bonds is 5. The SMILES string of the molecule is O=C(Nc1ccccc1Cl)C1CCN(S(=O)(=O)Cc2ccc(Cl)c(Cl)c2)CC1. The zero-order chi connectivity index (χ0) is 20.3. The van der Waals surface area contributed by atoms with Crippen LogP contribution in [0.25, 0.3) is 0 Å². The largest absolute Gasteiger partial charge is 0.325 e. The van der Waals surface area contributed by atoms with Crippen LogP contribution < -0.4 is 5.32 Å². The summed E-state index contributed by atoms with van der Waals surface area (Å²) in [4.78, 5) is 12.5. The molecule has 1 amide bonds. The van der Waals surface area contributed by atoms with Crippen LogP contribution in [0.1, 0.15) is 18.4 Å². The van der Waals surface area contributed by atoms with Crippen molar-refractivity contribution in [1.29, 1.82) is 0 Å². The van der Waals surface area contributed by atoms with Crippen LogP contribution in [0.5, 0.6) is 0 Å². The van der Waals surface area contributed by atoms with Crippen LogP contribution in [0.2, 0.25) is 15.1 Å². The molecule has 2 aromatic rings. The lowest BCUT2D eigenvalue weighted by molar-refractivity contribution is -0.120. The molecule has 0 spiro atoms. The van der Waals surface area contributed by atoms with Crippen LogP contribution in [-0.2, 0) is 20.6 Å². The summed E-state index contributed by atoms with van der Waals surface area (Å²) < 4.78 is 26.8. The second-order valence-electron chi connectivity index (χ2n) is 6.65. The maximum Gasteiger partial charge on any atom is 0.227 e. The quantitative estimate of drug-likeness (QED) is 0.693. The number of carbonyl (C=O) groups is 1. The van der Waals surface area contributed by atoms with E-state index in [1.54, 1.807) is 42.5 Å². The molecule has 5 nitrogen and oxygen atoms in total. The molecule has 1 saturated heterocycles. The summed E-state index contributed by atoms with van der Waals surface area (Å²) in [5.74, 6) is -0.553. The van der Waals surface area contributed by atoms with E-state index in [0.29, 0.717) is 52.2 Å². The van der Waals surface area contributed by atoms with Gasteiger partial charge in [-0.1, -0.05) is 53.0 Å². The minimum absolute atomic E-state index is 0.144.